The number of piperidine rings is 1. The van der Waals surface area contributed by atoms with Gasteiger partial charge in [-0.2, -0.15) is 0 Å². The Morgan fingerprint density at radius 3 is 2.41 bits per heavy atom. The van der Waals surface area contributed by atoms with E-state index in [9.17, 15) is 8.42 Å². The lowest BCUT2D eigenvalue weighted by molar-refractivity contribution is 0.172. The van der Waals surface area contributed by atoms with Gasteiger partial charge >= 0.3 is 0 Å². The summed E-state index contributed by atoms with van der Waals surface area (Å²) in [4.78, 5) is 2.28. The van der Waals surface area contributed by atoms with Crippen molar-refractivity contribution in [3.8, 4) is 0 Å². The van der Waals surface area contributed by atoms with Crippen molar-refractivity contribution in [3.63, 3.8) is 0 Å². The predicted molar refractivity (Wildman–Crippen MR) is 72.0 cm³/mol. The number of sulfone groups is 1. The molecule has 1 atom stereocenters. The van der Waals surface area contributed by atoms with Crippen LogP contribution in [0.3, 0.4) is 0 Å². The molecule has 0 amide bonds. The third kappa shape index (κ3) is 4.94. The number of hydrogen-bond donors (Lipinski definition) is 1. The number of hydrogen-bond acceptors (Lipinski definition) is 4. The Balaban J connectivity index is 2.28. The van der Waals surface area contributed by atoms with Crippen molar-refractivity contribution >= 4 is 9.84 Å². The van der Waals surface area contributed by atoms with E-state index >= 15 is 0 Å². The number of nitrogens with zero attached hydrogens (tertiary/aromatic N) is 1. The summed E-state index contributed by atoms with van der Waals surface area (Å²) in [6, 6.07) is 0.566. The van der Waals surface area contributed by atoms with Gasteiger partial charge in [-0.25, -0.2) is 8.42 Å². The van der Waals surface area contributed by atoms with Crippen molar-refractivity contribution in [2.75, 3.05) is 38.2 Å². The second-order valence-corrected chi connectivity index (χ2v) is 7.47. The lowest BCUT2D eigenvalue weighted by Crippen LogP contribution is -2.42. The van der Waals surface area contributed by atoms with Crippen LogP contribution in [0.25, 0.3) is 0 Å². The van der Waals surface area contributed by atoms with Gasteiger partial charge in [0.15, 0.2) is 9.84 Å². The Morgan fingerprint density at radius 1 is 1.35 bits per heavy atom. The molecule has 0 aromatic rings. The molecule has 0 radical (unpaired) electrons. The van der Waals surface area contributed by atoms with Crippen molar-refractivity contribution in [2.24, 2.45) is 5.92 Å². The van der Waals surface area contributed by atoms with Crippen LogP contribution >= 0.6 is 0 Å². The lowest BCUT2D eigenvalue weighted by Gasteiger charge is -2.34. The Kier molecular flexibility index (Phi) is 5.89. The first-order valence-corrected chi connectivity index (χ1v) is 8.40. The summed E-state index contributed by atoms with van der Waals surface area (Å²) < 4.78 is 22.8. The third-order valence-corrected chi connectivity index (χ3v) is 5.64. The molecule has 0 saturated carbocycles. The average molecular weight is 262 g/mol. The highest BCUT2D eigenvalue weighted by molar-refractivity contribution is 7.91. The number of rotatable bonds is 6. The van der Waals surface area contributed by atoms with Crippen LogP contribution in [-0.2, 0) is 9.84 Å². The summed E-state index contributed by atoms with van der Waals surface area (Å²) in [5, 5.41) is 3.30. The molecule has 1 N–H and O–H groups in total. The minimum Gasteiger partial charge on any atom is -0.317 e. The van der Waals surface area contributed by atoms with Crippen molar-refractivity contribution in [3.05, 3.63) is 0 Å². The van der Waals surface area contributed by atoms with Crippen molar-refractivity contribution in [2.45, 2.75) is 32.7 Å². The quantitative estimate of drug-likeness (QED) is 0.767. The molecular formula is C12H26N2O2S. The van der Waals surface area contributed by atoms with E-state index in [0.717, 1.165) is 19.0 Å². The minimum absolute atomic E-state index is 0.264. The fraction of sp³-hybridized carbons (Fsp3) is 1.00. The van der Waals surface area contributed by atoms with E-state index < -0.39 is 9.84 Å². The summed E-state index contributed by atoms with van der Waals surface area (Å²) >= 11 is 0. The Morgan fingerprint density at radius 2 is 1.94 bits per heavy atom. The van der Waals surface area contributed by atoms with Crippen molar-refractivity contribution < 1.29 is 8.42 Å². The predicted octanol–water partition coefficient (Wildman–Crippen LogP) is 0.741. The van der Waals surface area contributed by atoms with Gasteiger partial charge in [-0.15, -0.1) is 0 Å². The smallest absolute Gasteiger partial charge is 0.151 e. The Hall–Kier alpha value is -0.130. The SMILES string of the molecule is CCS(=O)(=O)CCN1CCC(C(C)NC)CC1. The normalized spacial score (nSPS) is 21.6. The fourth-order valence-electron chi connectivity index (χ4n) is 2.32. The molecule has 5 heteroatoms. The van der Waals surface area contributed by atoms with Crippen molar-refractivity contribution in [1.29, 1.82) is 0 Å². The van der Waals surface area contributed by atoms with Crippen LogP contribution in [0.15, 0.2) is 0 Å². The van der Waals surface area contributed by atoms with Gasteiger partial charge in [0.1, 0.15) is 0 Å². The number of likely N-dealkylation sites (tertiary alicyclic amines) is 1. The first-order chi connectivity index (χ1) is 7.98. The molecule has 0 bridgehead atoms. The van der Waals surface area contributed by atoms with Gasteiger partial charge in [-0.1, -0.05) is 6.92 Å². The molecule has 0 aliphatic carbocycles. The first-order valence-electron chi connectivity index (χ1n) is 6.58. The zero-order valence-corrected chi connectivity index (χ0v) is 12.1. The van der Waals surface area contributed by atoms with E-state index in [-0.39, 0.29) is 5.75 Å². The van der Waals surface area contributed by atoms with Gasteiger partial charge < -0.3 is 10.2 Å². The molecule has 1 unspecified atom stereocenters. The second-order valence-electron chi connectivity index (χ2n) is 4.99. The van der Waals surface area contributed by atoms with Gasteiger partial charge in [-0.3, -0.25) is 0 Å². The molecule has 0 spiro atoms. The Bertz CT molecular complexity index is 308. The topological polar surface area (TPSA) is 49.4 Å². The summed E-state index contributed by atoms with van der Waals surface area (Å²) in [5.74, 6) is 1.31. The zero-order chi connectivity index (χ0) is 12.9. The minimum atomic E-state index is -2.81. The maximum Gasteiger partial charge on any atom is 0.151 e. The van der Waals surface area contributed by atoms with Crippen LogP contribution in [0, 0.1) is 5.92 Å². The number of nitrogens with one attached hydrogen (secondary N) is 1. The van der Waals surface area contributed by atoms with E-state index in [1.54, 1.807) is 6.92 Å². The van der Waals surface area contributed by atoms with E-state index in [2.05, 4.69) is 17.1 Å². The summed E-state index contributed by atoms with van der Waals surface area (Å²) in [6.07, 6.45) is 2.35. The van der Waals surface area contributed by atoms with E-state index in [1.807, 2.05) is 7.05 Å². The van der Waals surface area contributed by atoms with Crippen LogP contribution in [0.2, 0.25) is 0 Å². The van der Waals surface area contributed by atoms with Crippen LogP contribution in [0.5, 0.6) is 0 Å². The summed E-state index contributed by atoms with van der Waals surface area (Å²) in [5.41, 5.74) is 0. The third-order valence-electron chi connectivity index (χ3n) is 3.95. The van der Waals surface area contributed by atoms with Crippen LogP contribution < -0.4 is 5.32 Å². The lowest BCUT2D eigenvalue weighted by atomic mass is 9.90. The van der Waals surface area contributed by atoms with E-state index in [4.69, 9.17) is 0 Å². The van der Waals surface area contributed by atoms with Crippen LogP contribution in [0.4, 0.5) is 0 Å². The largest absolute Gasteiger partial charge is 0.317 e. The average Bonchev–Trinajstić information content (AvgIpc) is 2.36. The highest BCUT2D eigenvalue weighted by atomic mass is 32.2. The second kappa shape index (κ2) is 6.71. The van der Waals surface area contributed by atoms with Gasteiger partial charge in [0, 0.05) is 18.3 Å². The van der Waals surface area contributed by atoms with Gasteiger partial charge in [0.05, 0.1) is 5.75 Å². The molecule has 1 aliphatic rings. The Labute approximate surface area is 106 Å². The molecule has 1 aliphatic heterocycles. The van der Waals surface area contributed by atoms with E-state index in [0.29, 0.717) is 18.3 Å². The molecular weight excluding hydrogens is 236 g/mol. The standard InChI is InChI=1S/C12H26N2O2S/c1-4-17(15,16)10-9-14-7-5-12(6-8-14)11(2)13-3/h11-13H,4-10H2,1-3H3. The molecule has 1 fully saturated rings. The fourth-order valence-corrected chi connectivity index (χ4v) is 3.15. The summed E-state index contributed by atoms with van der Waals surface area (Å²) in [7, 11) is -0.803. The van der Waals surface area contributed by atoms with Crippen molar-refractivity contribution in [1.82, 2.24) is 10.2 Å². The highest BCUT2D eigenvalue weighted by Gasteiger charge is 2.23. The first kappa shape index (κ1) is 14.9. The molecule has 0 aromatic heterocycles. The molecule has 4 nitrogen and oxygen atoms in total. The van der Waals surface area contributed by atoms with Crippen LogP contribution in [0.1, 0.15) is 26.7 Å². The molecule has 102 valence electrons. The molecule has 1 saturated heterocycles. The van der Waals surface area contributed by atoms with Gasteiger partial charge in [0.2, 0.25) is 0 Å². The maximum atomic E-state index is 11.4. The molecule has 1 rings (SSSR count). The monoisotopic (exact) mass is 262 g/mol. The molecule has 0 aromatic carbocycles. The van der Waals surface area contributed by atoms with E-state index in [1.165, 1.54) is 12.8 Å². The zero-order valence-electron chi connectivity index (χ0n) is 11.3. The van der Waals surface area contributed by atoms with Gasteiger partial charge in [-0.05, 0) is 45.8 Å². The van der Waals surface area contributed by atoms with Crippen LogP contribution in [-0.4, -0.2) is 57.5 Å². The molecule has 1 heterocycles. The molecule has 17 heavy (non-hydrogen) atoms. The maximum absolute atomic E-state index is 11.4. The van der Waals surface area contributed by atoms with Gasteiger partial charge in [0.25, 0.3) is 0 Å². The summed E-state index contributed by atoms with van der Waals surface area (Å²) in [6.45, 7) is 6.72. The highest BCUT2D eigenvalue weighted by Crippen LogP contribution is 2.20.